The zero-order valence-electron chi connectivity index (χ0n) is 11.8. The topological polar surface area (TPSA) is 63.4 Å². The summed E-state index contributed by atoms with van der Waals surface area (Å²) in [5.41, 5.74) is 9.06. The smallest absolute Gasteiger partial charge is 0.263 e. The third-order valence-electron chi connectivity index (χ3n) is 3.86. The van der Waals surface area contributed by atoms with Gasteiger partial charge in [-0.05, 0) is 29.7 Å². The zero-order chi connectivity index (χ0) is 15.0. The van der Waals surface area contributed by atoms with Crippen LogP contribution < -0.4 is 5.73 Å². The van der Waals surface area contributed by atoms with Gasteiger partial charge in [0.15, 0.2) is 0 Å². The maximum atomic E-state index is 12.5. The third-order valence-corrected chi connectivity index (χ3v) is 3.86. The van der Waals surface area contributed by atoms with Gasteiger partial charge in [-0.1, -0.05) is 37.3 Å². The summed E-state index contributed by atoms with van der Waals surface area (Å²) < 4.78 is 0. The number of hydrogen-bond acceptors (Lipinski definition) is 3. The van der Waals surface area contributed by atoms with Crippen molar-refractivity contribution in [3.8, 4) is 0 Å². The van der Waals surface area contributed by atoms with Gasteiger partial charge < -0.3 is 5.73 Å². The standard InChI is InChI=1S/C17H16N2O2/c1-2-11-6-3-4-7-12(11)10-19-16(20)13-8-5-9-14(18)15(13)17(19)21/h3-9H,2,10,18H2,1H3. The Kier molecular flexibility index (Phi) is 3.22. The molecule has 0 bridgehead atoms. The number of nitrogen functional groups attached to an aromatic ring is 1. The molecule has 2 aromatic rings. The highest BCUT2D eigenvalue weighted by molar-refractivity contribution is 6.23. The molecule has 21 heavy (non-hydrogen) atoms. The summed E-state index contributed by atoms with van der Waals surface area (Å²) in [6.45, 7) is 2.34. The molecule has 0 aliphatic carbocycles. The first-order valence-electron chi connectivity index (χ1n) is 6.95. The first-order valence-corrected chi connectivity index (χ1v) is 6.95. The largest absolute Gasteiger partial charge is 0.398 e. The van der Waals surface area contributed by atoms with Crippen LogP contribution in [0.3, 0.4) is 0 Å². The van der Waals surface area contributed by atoms with Crippen LogP contribution in [0.15, 0.2) is 42.5 Å². The van der Waals surface area contributed by atoms with E-state index >= 15 is 0 Å². The predicted octanol–water partition coefficient (Wildman–Crippen LogP) is 2.63. The molecule has 0 saturated heterocycles. The van der Waals surface area contributed by atoms with E-state index in [9.17, 15) is 9.59 Å². The fourth-order valence-electron chi connectivity index (χ4n) is 2.73. The van der Waals surface area contributed by atoms with Crippen molar-refractivity contribution in [2.75, 3.05) is 5.73 Å². The number of carbonyl (C=O) groups is 2. The van der Waals surface area contributed by atoms with E-state index in [2.05, 4.69) is 6.92 Å². The Labute approximate surface area is 123 Å². The van der Waals surface area contributed by atoms with Crippen molar-refractivity contribution in [2.45, 2.75) is 19.9 Å². The summed E-state index contributed by atoms with van der Waals surface area (Å²) >= 11 is 0. The van der Waals surface area contributed by atoms with Crippen molar-refractivity contribution >= 4 is 17.5 Å². The molecule has 2 aromatic carbocycles. The van der Waals surface area contributed by atoms with E-state index in [-0.39, 0.29) is 18.4 Å². The Morgan fingerprint density at radius 3 is 2.33 bits per heavy atom. The van der Waals surface area contributed by atoms with Crippen LogP contribution in [0.5, 0.6) is 0 Å². The Morgan fingerprint density at radius 2 is 1.67 bits per heavy atom. The lowest BCUT2D eigenvalue weighted by molar-refractivity contribution is 0.0642. The van der Waals surface area contributed by atoms with Crippen molar-refractivity contribution < 1.29 is 9.59 Å². The second kappa shape index (κ2) is 5.05. The summed E-state index contributed by atoms with van der Waals surface area (Å²) in [7, 11) is 0. The number of carbonyl (C=O) groups excluding carboxylic acids is 2. The molecule has 4 heteroatoms. The van der Waals surface area contributed by atoms with E-state index in [4.69, 9.17) is 5.73 Å². The Balaban J connectivity index is 1.97. The fourth-order valence-corrected chi connectivity index (χ4v) is 2.73. The van der Waals surface area contributed by atoms with Crippen molar-refractivity contribution in [1.29, 1.82) is 0 Å². The van der Waals surface area contributed by atoms with Crippen molar-refractivity contribution in [1.82, 2.24) is 4.90 Å². The first-order chi connectivity index (χ1) is 10.1. The van der Waals surface area contributed by atoms with E-state index in [0.717, 1.165) is 17.5 Å². The molecule has 4 nitrogen and oxygen atoms in total. The molecule has 0 radical (unpaired) electrons. The van der Waals surface area contributed by atoms with Crippen molar-refractivity contribution in [2.24, 2.45) is 0 Å². The Morgan fingerprint density at radius 1 is 0.952 bits per heavy atom. The van der Waals surface area contributed by atoms with Crippen LogP contribution in [0, 0.1) is 0 Å². The molecule has 1 aliphatic heterocycles. The lowest BCUT2D eigenvalue weighted by Gasteiger charge is -2.16. The van der Waals surface area contributed by atoms with Crippen LogP contribution in [0.4, 0.5) is 5.69 Å². The maximum absolute atomic E-state index is 12.5. The number of nitrogens with two attached hydrogens (primary N) is 1. The third kappa shape index (κ3) is 2.09. The van der Waals surface area contributed by atoms with E-state index in [0.29, 0.717) is 16.8 Å². The molecule has 0 atom stereocenters. The number of benzene rings is 2. The molecule has 1 heterocycles. The van der Waals surface area contributed by atoms with Gasteiger partial charge in [-0.25, -0.2) is 0 Å². The van der Waals surface area contributed by atoms with Gasteiger partial charge >= 0.3 is 0 Å². The SMILES string of the molecule is CCc1ccccc1CN1C(=O)c2cccc(N)c2C1=O. The molecule has 0 aromatic heterocycles. The van der Waals surface area contributed by atoms with Crippen LogP contribution in [0.25, 0.3) is 0 Å². The van der Waals surface area contributed by atoms with Crippen molar-refractivity contribution in [3.63, 3.8) is 0 Å². The zero-order valence-corrected chi connectivity index (χ0v) is 11.8. The molecule has 106 valence electrons. The maximum Gasteiger partial charge on any atom is 0.263 e. The number of nitrogens with zero attached hydrogens (tertiary/aromatic N) is 1. The molecule has 2 amide bonds. The van der Waals surface area contributed by atoms with E-state index in [1.54, 1.807) is 18.2 Å². The first kappa shape index (κ1) is 13.4. The molecule has 0 spiro atoms. The lowest BCUT2D eigenvalue weighted by atomic mass is 10.1. The minimum Gasteiger partial charge on any atom is -0.398 e. The number of imide groups is 1. The Bertz CT molecular complexity index is 737. The summed E-state index contributed by atoms with van der Waals surface area (Å²) in [5.74, 6) is -0.577. The van der Waals surface area contributed by atoms with Gasteiger partial charge in [0, 0.05) is 5.69 Å². The summed E-state index contributed by atoms with van der Waals surface area (Å²) in [6, 6.07) is 12.8. The lowest BCUT2D eigenvalue weighted by Crippen LogP contribution is -2.29. The minimum absolute atomic E-state index is 0.270. The van der Waals surface area contributed by atoms with Gasteiger partial charge in [0.05, 0.1) is 17.7 Å². The molecular formula is C17H16N2O2. The molecule has 0 unspecified atom stereocenters. The summed E-state index contributed by atoms with van der Waals surface area (Å²) in [4.78, 5) is 26.1. The number of aryl methyl sites for hydroxylation is 1. The average molecular weight is 280 g/mol. The number of amides is 2. The van der Waals surface area contributed by atoms with Crippen molar-refractivity contribution in [3.05, 3.63) is 64.7 Å². The predicted molar refractivity (Wildman–Crippen MR) is 80.9 cm³/mol. The van der Waals surface area contributed by atoms with Gasteiger partial charge in [0.1, 0.15) is 0 Å². The normalized spacial score (nSPS) is 13.7. The molecule has 0 saturated carbocycles. The molecule has 1 aliphatic rings. The highest BCUT2D eigenvalue weighted by Crippen LogP contribution is 2.29. The highest BCUT2D eigenvalue weighted by Gasteiger charge is 2.37. The van der Waals surface area contributed by atoms with Gasteiger partial charge in [0.2, 0.25) is 0 Å². The number of hydrogen-bond donors (Lipinski definition) is 1. The van der Waals surface area contributed by atoms with Gasteiger partial charge in [0.25, 0.3) is 11.8 Å². The summed E-state index contributed by atoms with van der Waals surface area (Å²) in [5, 5.41) is 0. The van der Waals surface area contributed by atoms with Crippen LogP contribution in [-0.2, 0) is 13.0 Å². The monoisotopic (exact) mass is 280 g/mol. The van der Waals surface area contributed by atoms with E-state index < -0.39 is 0 Å². The van der Waals surface area contributed by atoms with E-state index in [1.807, 2.05) is 24.3 Å². The number of fused-ring (bicyclic) bond motifs is 1. The highest BCUT2D eigenvalue weighted by atomic mass is 16.2. The second-order valence-corrected chi connectivity index (χ2v) is 5.09. The Hall–Kier alpha value is -2.62. The van der Waals surface area contributed by atoms with Gasteiger partial charge in [-0.3, -0.25) is 14.5 Å². The van der Waals surface area contributed by atoms with Crippen LogP contribution in [-0.4, -0.2) is 16.7 Å². The second-order valence-electron chi connectivity index (χ2n) is 5.09. The number of rotatable bonds is 3. The van der Waals surface area contributed by atoms with Crippen LogP contribution >= 0.6 is 0 Å². The fraction of sp³-hybridized carbons (Fsp3) is 0.176. The van der Waals surface area contributed by atoms with Crippen LogP contribution in [0.1, 0.15) is 38.8 Å². The number of anilines is 1. The van der Waals surface area contributed by atoms with Crippen LogP contribution in [0.2, 0.25) is 0 Å². The molecule has 3 rings (SSSR count). The average Bonchev–Trinajstić information content (AvgIpc) is 2.74. The molecule has 0 fully saturated rings. The molecular weight excluding hydrogens is 264 g/mol. The van der Waals surface area contributed by atoms with Gasteiger partial charge in [-0.2, -0.15) is 0 Å². The van der Waals surface area contributed by atoms with Gasteiger partial charge in [-0.15, -0.1) is 0 Å². The van der Waals surface area contributed by atoms with E-state index in [1.165, 1.54) is 4.90 Å². The molecule has 2 N–H and O–H groups in total. The minimum atomic E-state index is -0.306. The quantitative estimate of drug-likeness (QED) is 0.694. The summed E-state index contributed by atoms with van der Waals surface area (Å²) in [6.07, 6.45) is 0.863.